The van der Waals surface area contributed by atoms with E-state index in [0.29, 0.717) is 41.5 Å². The lowest BCUT2D eigenvalue weighted by molar-refractivity contribution is -0.129. The first kappa shape index (κ1) is 26.0. The van der Waals surface area contributed by atoms with Crippen LogP contribution in [0, 0.1) is 0 Å². The van der Waals surface area contributed by atoms with Gasteiger partial charge in [-0.25, -0.2) is 0 Å². The summed E-state index contributed by atoms with van der Waals surface area (Å²) in [6, 6.07) is 19.7. The van der Waals surface area contributed by atoms with Crippen molar-refractivity contribution >= 4 is 52.6 Å². The minimum absolute atomic E-state index is 0.132. The zero-order chi connectivity index (χ0) is 26.4. The van der Waals surface area contributed by atoms with Gasteiger partial charge >= 0.3 is 0 Å². The Bertz CT molecular complexity index is 1270. The zero-order valence-corrected chi connectivity index (χ0v) is 21.4. The highest BCUT2D eigenvalue weighted by molar-refractivity contribution is 6.33. The summed E-state index contributed by atoms with van der Waals surface area (Å²) in [6.45, 7) is 4.57. The van der Waals surface area contributed by atoms with Gasteiger partial charge in [-0.1, -0.05) is 36.7 Å². The van der Waals surface area contributed by atoms with E-state index in [2.05, 4.69) is 29.3 Å². The van der Waals surface area contributed by atoms with E-state index in [4.69, 9.17) is 17.3 Å². The Balaban J connectivity index is 1.51. The van der Waals surface area contributed by atoms with Crippen LogP contribution in [0.3, 0.4) is 0 Å². The molecular formula is C28H30ClN5O3. The molecule has 37 heavy (non-hydrogen) atoms. The molecule has 1 saturated heterocycles. The predicted octanol–water partition coefficient (Wildman–Crippen LogP) is 4.05. The van der Waals surface area contributed by atoms with Crippen LogP contribution in [0.4, 0.5) is 22.7 Å². The number of carbonyl (C=O) groups excluding carboxylic acids is 3. The smallest absolute Gasteiger partial charge is 0.258 e. The molecule has 1 aliphatic heterocycles. The zero-order valence-electron chi connectivity index (χ0n) is 20.7. The van der Waals surface area contributed by atoms with E-state index in [9.17, 15) is 14.4 Å². The monoisotopic (exact) mass is 519 g/mol. The number of nitrogen functional groups attached to an aromatic ring is 1. The fraction of sp³-hybridized carbons (Fsp3) is 0.250. The van der Waals surface area contributed by atoms with Crippen LogP contribution in [0.25, 0.3) is 0 Å². The average Bonchev–Trinajstić information content (AvgIpc) is 2.93. The second-order valence-corrected chi connectivity index (χ2v) is 9.19. The molecule has 1 fully saturated rings. The molecule has 3 N–H and O–H groups in total. The largest absolute Gasteiger partial charge is 0.398 e. The third-order valence-corrected chi connectivity index (χ3v) is 6.88. The Kier molecular flexibility index (Phi) is 8.30. The SMILES string of the molecule is CCc1ccccc1N1CCN(C(=O)CN(C(=O)c2ccc(Cl)c(N)c2)c2ccc(NC=O)cc2)CC1. The average molecular weight is 520 g/mol. The Labute approximate surface area is 221 Å². The van der Waals surface area contributed by atoms with E-state index in [0.717, 1.165) is 19.5 Å². The maximum Gasteiger partial charge on any atom is 0.258 e. The fourth-order valence-electron chi connectivity index (χ4n) is 4.47. The van der Waals surface area contributed by atoms with Crippen molar-refractivity contribution < 1.29 is 14.4 Å². The molecule has 0 aromatic heterocycles. The standard InChI is InChI=1S/C28H30ClN5O3/c1-2-20-5-3-4-6-26(20)32-13-15-33(16-14-32)27(36)18-34(23-10-8-22(9-11-23)31-19-35)28(37)21-7-12-24(29)25(30)17-21/h3-12,17,19H,2,13-16,18,30H2,1H3,(H,31,35). The number of aryl methyl sites for hydroxylation is 1. The van der Waals surface area contributed by atoms with Crippen molar-refractivity contribution in [2.24, 2.45) is 0 Å². The number of hydrogen-bond acceptors (Lipinski definition) is 5. The molecule has 3 amide bonds. The first-order valence-corrected chi connectivity index (χ1v) is 12.6. The number of nitrogens with one attached hydrogen (secondary N) is 1. The van der Waals surface area contributed by atoms with Crippen LogP contribution in [-0.2, 0) is 16.0 Å². The van der Waals surface area contributed by atoms with E-state index in [-0.39, 0.29) is 24.0 Å². The summed E-state index contributed by atoms with van der Waals surface area (Å²) in [5.41, 5.74) is 10.1. The van der Waals surface area contributed by atoms with Crippen molar-refractivity contribution in [2.75, 3.05) is 53.6 Å². The first-order chi connectivity index (χ1) is 17.9. The van der Waals surface area contributed by atoms with Crippen molar-refractivity contribution in [3.63, 3.8) is 0 Å². The van der Waals surface area contributed by atoms with Crippen molar-refractivity contribution in [3.8, 4) is 0 Å². The summed E-state index contributed by atoms with van der Waals surface area (Å²) >= 11 is 6.04. The summed E-state index contributed by atoms with van der Waals surface area (Å²) in [6.07, 6.45) is 1.53. The Morgan fingerprint density at radius 2 is 1.73 bits per heavy atom. The van der Waals surface area contributed by atoms with Crippen molar-refractivity contribution in [1.82, 2.24) is 4.90 Å². The number of nitrogens with zero attached hydrogens (tertiary/aromatic N) is 3. The van der Waals surface area contributed by atoms with Crippen LogP contribution in [0.1, 0.15) is 22.8 Å². The van der Waals surface area contributed by atoms with Gasteiger partial charge in [-0.15, -0.1) is 0 Å². The van der Waals surface area contributed by atoms with E-state index in [1.165, 1.54) is 22.2 Å². The van der Waals surface area contributed by atoms with Gasteiger partial charge in [0.05, 0.1) is 10.7 Å². The topological polar surface area (TPSA) is 99.0 Å². The molecule has 192 valence electrons. The molecular weight excluding hydrogens is 490 g/mol. The van der Waals surface area contributed by atoms with Crippen LogP contribution in [-0.4, -0.2) is 55.8 Å². The lowest BCUT2D eigenvalue weighted by Crippen LogP contribution is -2.52. The minimum atomic E-state index is -0.372. The van der Waals surface area contributed by atoms with E-state index in [1.54, 1.807) is 41.3 Å². The number of benzene rings is 3. The molecule has 3 aromatic carbocycles. The highest BCUT2D eigenvalue weighted by Gasteiger charge is 2.27. The molecule has 3 aromatic rings. The Morgan fingerprint density at radius 3 is 2.38 bits per heavy atom. The Hall–Kier alpha value is -4.04. The summed E-state index contributed by atoms with van der Waals surface area (Å²) in [5, 5.41) is 2.92. The van der Waals surface area contributed by atoms with Crippen LogP contribution in [0.2, 0.25) is 5.02 Å². The van der Waals surface area contributed by atoms with Gasteiger partial charge in [0.15, 0.2) is 0 Å². The third-order valence-electron chi connectivity index (χ3n) is 6.53. The molecule has 0 bridgehead atoms. The second-order valence-electron chi connectivity index (χ2n) is 8.79. The van der Waals surface area contributed by atoms with Gasteiger partial charge in [-0.2, -0.15) is 0 Å². The quantitative estimate of drug-likeness (QED) is 0.345. The number of piperazine rings is 1. The van der Waals surface area contributed by atoms with Gasteiger partial charge in [0, 0.05) is 48.8 Å². The van der Waals surface area contributed by atoms with E-state index >= 15 is 0 Å². The number of para-hydroxylation sites is 1. The molecule has 4 rings (SSSR count). The molecule has 0 atom stereocenters. The predicted molar refractivity (Wildman–Crippen MR) is 148 cm³/mol. The van der Waals surface area contributed by atoms with E-state index in [1.807, 2.05) is 12.1 Å². The van der Waals surface area contributed by atoms with Crippen LogP contribution < -0.4 is 20.9 Å². The molecule has 0 unspecified atom stereocenters. The molecule has 8 nitrogen and oxygen atoms in total. The van der Waals surface area contributed by atoms with Gasteiger partial charge in [0.2, 0.25) is 12.3 Å². The summed E-state index contributed by atoms with van der Waals surface area (Å²) in [4.78, 5) is 43.2. The van der Waals surface area contributed by atoms with Crippen molar-refractivity contribution in [2.45, 2.75) is 13.3 Å². The maximum absolute atomic E-state index is 13.5. The van der Waals surface area contributed by atoms with Crippen LogP contribution in [0.15, 0.2) is 66.7 Å². The van der Waals surface area contributed by atoms with Gasteiger partial charge < -0.3 is 20.9 Å². The van der Waals surface area contributed by atoms with Gasteiger partial charge in [-0.05, 0) is 60.5 Å². The molecule has 0 saturated carbocycles. The lowest BCUT2D eigenvalue weighted by Gasteiger charge is -2.37. The number of rotatable bonds is 8. The summed E-state index contributed by atoms with van der Waals surface area (Å²) in [7, 11) is 0. The highest BCUT2D eigenvalue weighted by atomic mass is 35.5. The van der Waals surface area contributed by atoms with Gasteiger partial charge in [0.25, 0.3) is 5.91 Å². The van der Waals surface area contributed by atoms with Crippen LogP contribution >= 0.6 is 11.6 Å². The molecule has 0 aliphatic carbocycles. The van der Waals surface area contributed by atoms with Crippen LogP contribution in [0.5, 0.6) is 0 Å². The number of anilines is 4. The summed E-state index contributed by atoms with van der Waals surface area (Å²) in [5.74, 6) is -0.517. The lowest BCUT2D eigenvalue weighted by atomic mass is 10.1. The molecule has 1 aliphatic rings. The number of hydrogen-bond donors (Lipinski definition) is 2. The third kappa shape index (κ3) is 6.03. The molecule has 0 radical (unpaired) electrons. The number of halogens is 1. The minimum Gasteiger partial charge on any atom is -0.398 e. The fourth-order valence-corrected chi connectivity index (χ4v) is 4.59. The first-order valence-electron chi connectivity index (χ1n) is 12.2. The number of carbonyl (C=O) groups is 3. The second kappa shape index (κ2) is 11.8. The number of nitrogens with two attached hydrogens (primary N) is 1. The molecule has 9 heteroatoms. The van der Waals surface area contributed by atoms with Gasteiger partial charge in [0.1, 0.15) is 6.54 Å². The normalized spacial score (nSPS) is 13.2. The van der Waals surface area contributed by atoms with E-state index < -0.39 is 0 Å². The van der Waals surface area contributed by atoms with Crippen molar-refractivity contribution in [3.05, 3.63) is 82.9 Å². The molecule has 1 heterocycles. The maximum atomic E-state index is 13.5. The van der Waals surface area contributed by atoms with Crippen molar-refractivity contribution in [1.29, 1.82) is 0 Å². The van der Waals surface area contributed by atoms with Gasteiger partial charge in [-0.3, -0.25) is 19.3 Å². The summed E-state index contributed by atoms with van der Waals surface area (Å²) < 4.78 is 0. The highest BCUT2D eigenvalue weighted by Crippen LogP contribution is 2.25. The molecule has 0 spiro atoms. The Morgan fingerprint density at radius 1 is 1.03 bits per heavy atom. The number of amides is 3.